The number of benzene rings is 1. The Morgan fingerprint density at radius 2 is 1.85 bits per heavy atom. The summed E-state index contributed by atoms with van der Waals surface area (Å²) in [6.07, 6.45) is 0.828. The van der Waals surface area contributed by atoms with Gasteiger partial charge >= 0.3 is 0 Å². The molecule has 1 aromatic rings. The van der Waals surface area contributed by atoms with Crippen LogP contribution in [0.1, 0.15) is 25.8 Å². The number of rotatable bonds is 7. The molecule has 0 saturated carbocycles. The molecule has 1 unspecified atom stereocenters. The van der Waals surface area contributed by atoms with Gasteiger partial charge in [-0.15, -0.1) is 0 Å². The van der Waals surface area contributed by atoms with Gasteiger partial charge in [0.2, 0.25) is 11.8 Å². The van der Waals surface area contributed by atoms with E-state index in [1.807, 2.05) is 44.2 Å². The van der Waals surface area contributed by atoms with E-state index in [9.17, 15) is 9.59 Å². The average molecular weight is 277 g/mol. The van der Waals surface area contributed by atoms with Crippen LogP contribution in [0.15, 0.2) is 30.3 Å². The van der Waals surface area contributed by atoms with Crippen LogP contribution in [-0.4, -0.2) is 24.4 Å². The van der Waals surface area contributed by atoms with Crippen molar-refractivity contribution in [2.75, 3.05) is 6.54 Å². The zero-order valence-corrected chi connectivity index (χ0v) is 12.1. The molecule has 0 radical (unpaired) electrons. The SMILES string of the molecule is CCC(C)[C@H](N)C(=O)NCC(=O)NCc1ccccc1. The molecule has 0 bridgehead atoms. The topological polar surface area (TPSA) is 84.2 Å². The quantitative estimate of drug-likeness (QED) is 0.689. The molecule has 0 aliphatic heterocycles. The van der Waals surface area contributed by atoms with Crippen molar-refractivity contribution in [2.24, 2.45) is 11.7 Å². The number of hydrogen-bond donors (Lipinski definition) is 3. The van der Waals surface area contributed by atoms with Gasteiger partial charge in [-0.05, 0) is 11.5 Å². The van der Waals surface area contributed by atoms with Crippen molar-refractivity contribution in [3.8, 4) is 0 Å². The van der Waals surface area contributed by atoms with Crippen LogP contribution in [0.4, 0.5) is 0 Å². The summed E-state index contributed by atoms with van der Waals surface area (Å²) in [6.45, 7) is 4.30. The Bertz CT molecular complexity index is 434. The van der Waals surface area contributed by atoms with E-state index in [2.05, 4.69) is 10.6 Å². The standard InChI is InChI=1S/C15H23N3O2/c1-3-11(2)14(16)15(20)18-10-13(19)17-9-12-7-5-4-6-8-12/h4-8,11,14H,3,9-10,16H2,1-2H3,(H,17,19)(H,18,20)/t11?,14-/m0/s1. The number of hydrogen-bond acceptors (Lipinski definition) is 3. The van der Waals surface area contributed by atoms with Crippen molar-refractivity contribution < 1.29 is 9.59 Å². The highest BCUT2D eigenvalue weighted by Gasteiger charge is 2.19. The van der Waals surface area contributed by atoms with Gasteiger partial charge in [0, 0.05) is 6.54 Å². The third kappa shape index (κ3) is 5.40. The zero-order valence-electron chi connectivity index (χ0n) is 12.1. The summed E-state index contributed by atoms with van der Waals surface area (Å²) >= 11 is 0. The fourth-order valence-electron chi connectivity index (χ4n) is 1.66. The van der Waals surface area contributed by atoms with Crippen LogP contribution < -0.4 is 16.4 Å². The second-order valence-corrected chi connectivity index (χ2v) is 4.89. The molecule has 20 heavy (non-hydrogen) atoms. The van der Waals surface area contributed by atoms with E-state index in [4.69, 9.17) is 5.73 Å². The van der Waals surface area contributed by atoms with Gasteiger partial charge in [0.25, 0.3) is 0 Å². The molecule has 0 aliphatic rings. The summed E-state index contributed by atoms with van der Waals surface area (Å²) in [4.78, 5) is 23.3. The molecule has 0 aromatic heterocycles. The zero-order chi connectivity index (χ0) is 15.0. The molecular formula is C15H23N3O2. The second kappa shape index (κ2) is 8.32. The first kappa shape index (κ1) is 16.2. The van der Waals surface area contributed by atoms with Gasteiger partial charge in [0.15, 0.2) is 0 Å². The average Bonchev–Trinajstić information content (AvgIpc) is 2.49. The van der Waals surface area contributed by atoms with Gasteiger partial charge in [-0.2, -0.15) is 0 Å². The first-order valence-electron chi connectivity index (χ1n) is 6.88. The minimum Gasteiger partial charge on any atom is -0.350 e. The lowest BCUT2D eigenvalue weighted by molar-refractivity contribution is -0.127. The number of carbonyl (C=O) groups is 2. The highest BCUT2D eigenvalue weighted by atomic mass is 16.2. The van der Waals surface area contributed by atoms with E-state index < -0.39 is 6.04 Å². The van der Waals surface area contributed by atoms with Crippen molar-refractivity contribution in [3.05, 3.63) is 35.9 Å². The summed E-state index contributed by atoms with van der Waals surface area (Å²) in [5, 5.41) is 5.30. The monoisotopic (exact) mass is 277 g/mol. The van der Waals surface area contributed by atoms with Crippen molar-refractivity contribution in [1.29, 1.82) is 0 Å². The fraction of sp³-hybridized carbons (Fsp3) is 0.467. The van der Waals surface area contributed by atoms with Crippen LogP contribution >= 0.6 is 0 Å². The Hall–Kier alpha value is -1.88. The van der Waals surface area contributed by atoms with Gasteiger partial charge in [-0.3, -0.25) is 9.59 Å². The molecule has 2 amide bonds. The molecule has 0 heterocycles. The highest BCUT2D eigenvalue weighted by molar-refractivity contribution is 5.87. The summed E-state index contributed by atoms with van der Waals surface area (Å²) < 4.78 is 0. The maximum atomic E-state index is 11.7. The summed E-state index contributed by atoms with van der Waals surface area (Å²) in [5.74, 6) is -0.407. The van der Waals surface area contributed by atoms with Crippen molar-refractivity contribution >= 4 is 11.8 Å². The van der Waals surface area contributed by atoms with E-state index in [0.29, 0.717) is 6.54 Å². The summed E-state index contributed by atoms with van der Waals surface area (Å²) in [6, 6.07) is 9.03. The number of nitrogens with two attached hydrogens (primary N) is 1. The van der Waals surface area contributed by atoms with Crippen molar-refractivity contribution in [2.45, 2.75) is 32.9 Å². The van der Waals surface area contributed by atoms with Crippen LogP contribution in [0.5, 0.6) is 0 Å². The minimum atomic E-state index is -0.568. The Morgan fingerprint density at radius 3 is 2.45 bits per heavy atom. The number of carbonyl (C=O) groups excluding carboxylic acids is 2. The van der Waals surface area contributed by atoms with Gasteiger partial charge in [-0.25, -0.2) is 0 Å². The highest BCUT2D eigenvalue weighted by Crippen LogP contribution is 2.04. The molecule has 110 valence electrons. The predicted octanol–water partition coefficient (Wildman–Crippen LogP) is 0.792. The molecule has 4 N–H and O–H groups in total. The summed E-state index contributed by atoms with van der Waals surface area (Å²) in [5.41, 5.74) is 6.80. The Morgan fingerprint density at radius 1 is 1.20 bits per heavy atom. The van der Waals surface area contributed by atoms with Crippen LogP contribution in [0, 0.1) is 5.92 Å². The van der Waals surface area contributed by atoms with Crippen LogP contribution in [0.3, 0.4) is 0 Å². The second-order valence-electron chi connectivity index (χ2n) is 4.89. The lowest BCUT2D eigenvalue weighted by Crippen LogP contribution is -2.47. The molecule has 0 spiro atoms. The van der Waals surface area contributed by atoms with Crippen LogP contribution in [0.25, 0.3) is 0 Å². The van der Waals surface area contributed by atoms with Crippen LogP contribution in [-0.2, 0) is 16.1 Å². The number of amides is 2. The Labute approximate surface area is 119 Å². The Balaban J connectivity index is 2.28. The third-order valence-electron chi connectivity index (χ3n) is 3.32. The minimum absolute atomic E-state index is 0.0458. The molecule has 2 atom stereocenters. The predicted molar refractivity (Wildman–Crippen MR) is 78.7 cm³/mol. The van der Waals surface area contributed by atoms with Crippen LogP contribution in [0.2, 0.25) is 0 Å². The molecule has 0 aliphatic carbocycles. The van der Waals surface area contributed by atoms with E-state index >= 15 is 0 Å². The van der Waals surface area contributed by atoms with Gasteiger partial charge in [0.05, 0.1) is 12.6 Å². The van der Waals surface area contributed by atoms with Crippen molar-refractivity contribution in [3.63, 3.8) is 0 Å². The maximum absolute atomic E-state index is 11.7. The molecule has 1 aromatic carbocycles. The molecule has 5 heteroatoms. The van der Waals surface area contributed by atoms with Crippen molar-refractivity contribution in [1.82, 2.24) is 10.6 Å². The fourth-order valence-corrected chi connectivity index (χ4v) is 1.66. The van der Waals surface area contributed by atoms with Gasteiger partial charge in [0.1, 0.15) is 0 Å². The van der Waals surface area contributed by atoms with E-state index in [-0.39, 0.29) is 24.3 Å². The summed E-state index contributed by atoms with van der Waals surface area (Å²) in [7, 11) is 0. The maximum Gasteiger partial charge on any atom is 0.239 e. The number of nitrogens with one attached hydrogen (secondary N) is 2. The van der Waals surface area contributed by atoms with E-state index in [1.165, 1.54) is 0 Å². The normalized spacial score (nSPS) is 13.3. The molecule has 1 rings (SSSR count). The molecule has 0 saturated heterocycles. The Kier molecular flexibility index (Phi) is 6.73. The molecular weight excluding hydrogens is 254 g/mol. The smallest absolute Gasteiger partial charge is 0.239 e. The van der Waals surface area contributed by atoms with Gasteiger partial charge in [-0.1, -0.05) is 50.6 Å². The molecule has 5 nitrogen and oxygen atoms in total. The first-order valence-corrected chi connectivity index (χ1v) is 6.88. The first-order chi connectivity index (χ1) is 9.54. The third-order valence-corrected chi connectivity index (χ3v) is 3.32. The largest absolute Gasteiger partial charge is 0.350 e. The van der Waals surface area contributed by atoms with E-state index in [1.54, 1.807) is 0 Å². The lowest BCUT2D eigenvalue weighted by Gasteiger charge is -2.17. The van der Waals surface area contributed by atoms with E-state index in [0.717, 1.165) is 12.0 Å². The molecule has 0 fully saturated rings. The van der Waals surface area contributed by atoms with Gasteiger partial charge < -0.3 is 16.4 Å². The lowest BCUT2D eigenvalue weighted by atomic mass is 9.99.